The van der Waals surface area contributed by atoms with E-state index in [0.717, 1.165) is 18.7 Å². The lowest BCUT2D eigenvalue weighted by Crippen LogP contribution is -2.46. The largest absolute Gasteiger partial charge is 0.379 e. The van der Waals surface area contributed by atoms with Crippen LogP contribution >= 0.6 is 0 Å². The van der Waals surface area contributed by atoms with E-state index in [1.54, 1.807) is 4.31 Å². The molecule has 0 N–H and O–H groups in total. The molecule has 2 aliphatic rings. The second-order valence-corrected chi connectivity index (χ2v) is 8.01. The quantitative estimate of drug-likeness (QED) is 0.828. The number of nitrogens with zero attached hydrogens (tertiary/aromatic N) is 2. The molecule has 0 spiro atoms. The van der Waals surface area contributed by atoms with E-state index in [0.29, 0.717) is 19.8 Å². The van der Waals surface area contributed by atoms with Crippen LogP contribution in [-0.2, 0) is 20.5 Å². The number of benzene rings is 1. The highest BCUT2D eigenvalue weighted by molar-refractivity contribution is 7.88. The third-order valence-corrected chi connectivity index (χ3v) is 6.01. The molecule has 2 heterocycles. The average molecular weight is 310 g/mol. The Labute approximate surface area is 126 Å². The van der Waals surface area contributed by atoms with E-state index in [-0.39, 0.29) is 17.7 Å². The van der Waals surface area contributed by atoms with Crippen LogP contribution in [0.5, 0.6) is 0 Å². The number of likely N-dealkylation sites (N-methyl/N-ethyl adjacent to an activating group) is 1. The topological polar surface area (TPSA) is 49.9 Å². The van der Waals surface area contributed by atoms with Gasteiger partial charge in [-0.1, -0.05) is 30.3 Å². The van der Waals surface area contributed by atoms with Crippen LogP contribution in [0.2, 0.25) is 0 Å². The maximum Gasteiger partial charge on any atom is 0.218 e. The van der Waals surface area contributed by atoms with Crippen molar-refractivity contribution >= 4 is 10.0 Å². The third-order valence-electron chi connectivity index (χ3n) is 4.15. The highest BCUT2D eigenvalue weighted by Gasteiger charge is 2.38. The van der Waals surface area contributed by atoms with Crippen LogP contribution in [0.25, 0.3) is 0 Å². The number of rotatable bonds is 3. The van der Waals surface area contributed by atoms with Crippen molar-refractivity contribution in [2.75, 3.05) is 39.9 Å². The van der Waals surface area contributed by atoms with E-state index in [2.05, 4.69) is 11.9 Å². The predicted octanol–water partition coefficient (Wildman–Crippen LogP) is 0.779. The van der Waals surface area contributed by atoms with Crippen molar-refractivity contribution in [3.8, 4) is 0 Å². The second kappa shape index (κ2) is 6.04. The van der Waals surface area contributed by atoms with Crippen LogP contribution in [0.4, 0.5) is 0 Å². The van der Waals surface area contributed by atoms with Crippen molar-refractivity contribution in [1.29, 1.82) is 0 Å². The van der Waals surface area contributed by atoms with Gasteiger partial charge in [-0.3, -0.25) is 0 Å². The first-order valence-corrected chi connectivity index (χ1v) is 8.95. The molecule has 5 nitrogen and oxygen atoms in total. The van der Waals surface area contributed by atoms with Gasteiger partial charge in [0.15, 0.2) is 0 Å². The molecule has 1 aromatic carbocycles. The minimum absolute atomic E-state index is 0.0702. The summed E-state index contributed by atoms with van der Waals surface area (Å²) in [4.78, 5) is 2.22. The number of hydrogen-bond acceptors (Lipinski definition) is 4. The number of hydrogen-bond donors (Lipinski definition) is 0. The molecule has 21 heavy (non-hydrogen) atoms. The monoisotopic (exact) mass is 310 g/mol. The van der Waals surface area contributed by atoms with Gasteiger partial charge in [0.25, 0.3) is 0 Å². The molecule has 2 atom stereocenters. The van der Waals surface area contributed by atoms with Crippen LogP contribution in [0, 0.1) is 5.92 Å². The second-order valence-electron chi connectivity index (χ2n) is 6.09. The molecule has 0 radical (unpaired) electrons. The highest BCUT2D eigenvalue weighted by atomic mass is 32.2. The van der Waals surface area contributed by atoms with Crippen LogP contribution < -0.4 is 0 Å². The summed E-state index contributed by atoms with van der Waals surface area (Å²) in [7, 11) is -1.26. The number of ether oxygens (including phenoxy) is 1. The molecule has 2 aliphatic heterocycles. The molecule has 2 bridgehead atoms. The van der Waals surface area contributed by atoms with Crippen molar-refractivity contribution in [2.45, 2.75) is 11.8 Å². The van der Waals surface area contributed by atoms with E-state index in [1.807, 2.05) is 30.3 Å². The Morgan fingerprint density at radius 3 is 2.67 bits per heavy atom. The standard InChI is InChI=1S/C15H22N2O3S/c1-16-7-14-8-17(15(9-16)11-20-10-14)21(18,19)12-13-5-3-2-4-6-13/h2-6,14-15H,7-12H2,1H3/t14-,15-/m0/s1. The van der Waals surface area contributed by atoms with Gasteiger partial charge in [-0.15, -0.1) is 0 Å². The molecule has 3 rings (SSSR count). The molecule has 2 fully saturated rings. The highest BCUT2D eigenvalue weighted by Crippen LogP contribution is 2.23. The zero-order valence-corrected chi connectivity index (χ0v) is 13.1. The zero-order chi connectivity index (χ0) is 14.9. The van der Waals surface area contributed by atoms with E-state index >= 15 is 0 Å². The van der Waals surface area contributed by atoms with E-state index in [9.17, 15) is 8.42 Å². The Morgan fingerprint density at radius 2 is 1.90 bits per heavy atom. The van der Waals surface area contributed by atoms with Crippen LogP contribution in [0.15, 0.2) is 30.3 Å². The summed E-state index contributed by atoms with van der Waals surface area (Å²) in [5, 5.41) is 0. The maximum atomic E-state index is 12.8. The summed E-state index contributed by atoms with van der Waals surface area (Å²) in [6, 6.07) is 9.31. The lowest BCUT2D eigenvalue weighted by molar-refractivity contribution is 0.0659. The van der Waals surface area contributed by atoms with Gasteiger partial charge in [0.2, 0.25) is 10.0 Å². The molecule has 1 aromatic rings. The van der Waals surface area contributed by atoms with Gasteiger partial charge in [0, 0.05) is 25.6 Å². The molecule has 0 aliphatic carbocycles. The lowest BCUT2D eigenvalue weighted by Gasteiger charge is -2.29. The Hall–Kier alpha value is -0.950. The van der Waals surface area contributed by atoms with Crippen LogP contribution in [-0.4, -0.2) is 63.6 Å². The fourth-order valence-corrected chi connectivity index (χ4v) is 5.05. The molecule has 6 heteroatoms. The van der Waals surface area contributed by atoms with Crippen molar-refractivity contribution < 1.29 is 13.2 Å². The fourth-order valence-electron chi connectivity index (χ4n) is 3.25. The molecule has 116 valence electrons. The van der Waals surface area contributed by atoms with Crippen molar-refractivity contribution in [3.63, 3.8) is 0 Å². The summed E-state index contributed by atoms with van der Waals surface area (Å²) in [5.74, 6) is 0.328. The normalized spacial score (nSPS) is 28.2. The minimum Gasteiger partial charge on any atom is -0.379 e. The molecular formula is C15H22N2O3S. The molecule has 0 amide bonds. The lowest BCUT2D eigenvalue weighted by atomic mass is 10.1. The van der Waals surface area contributed by atoms with Gasteiger partial charge < -0.3 is 9.64 Å². The molecule has 2 saturated heterocycles. The van der Waals surface area contributed by atoms with Crippen molar-refractivity contribution in [1.82, 2.24) is 9.21 Å². The molecule has 0 aromatic heterocycles. The Balaban J connectivity index is 1.84. The summed E-state index contributed by atoms with van der Waals surface area (Å²) < 4.78 is 33.0. The first-order valence-electron chi connectivity index (χ1n) is 7.34. The Morgan fingerprint density at radius 1 is 1.14 bits per heavy atom. The Kier molecular flexibility index (Phi) is 4.31. The van der Waals surface area contributed by atoms with E-state index < -0.39 is 10.0 Å². The summed E-state index contributed by atoms with van der Waals surface area (Å²) in [6.45, 7) is 3.36. The summed E-state index contributed by atoms with van der Waals surface area (Å²) in [5.41, 5.74) is 0.838. The van der Waals surface area contributed by atoms with Crippen LogP contribution in [0.1, 0.15) is 5.56 Å². The summed E-state index contributed by atoms with van der Waals surface area (Å²) in [6.07, 6.45) is 0. The smallest absolute Gasteiger partial charge is 0.218 e. The first-order chi connectivity index (χ1) is 10.0. The van der Waals surface area contributed by atoms with E-state index in [1.165, 1.54) is 0 Å². The maximum absolute atomic E-state index is 12.8. The minimum atomic E-state index is -3.31. The Bertz CT molecular complexity index is 576. The number of sulfonamides is 1. The molecule has 0 unspecified atom stereocenters. The number of fused-ring (bicyclic) bond motifs is 3. The van der Waals surface area contributed by atoms with Crippen LogP contribution in [0.3, 0.4) is 0 Å². The summed E-state index contributed by atoms with van der Waals surface area (Å²) >= 11 is 0. The van der Waals surface area contributed by atoms with Gasteiger partial charge in [-0.05, 0) is 12.6 Å². The van der Waals surface area contributed by atoms with Gasteiger partial charge in [-0.2, -0.15) is 4.31 Å². The van der Waals surface area contributed by atoms with Gasteiger partial charge in [-0.25, -0.2) is 8.42 Å². The molecule has 0 saturated carbocycles. The first kappa shape index (κ1) is 15.0. The third kappa shape index (κ3) is 3.45. The van der Waals surface area contributed by atoms with Crippen molar-refractivity contribution in [2.24, 2.45) is 5.92 Å². The van der Waals surface area contributed by atoms with Crippen molar-refractivity contribution in [3.05, 3.63) is 35.9 Å². The predicted molar refractivity (Wildman–Crippen MR) is 81.4 cm³/mol. The molecular weight excluding hydrogens is 288 g/mol. The average Bonchev–Trinajstić information content (AvgIpc) is 2.70. The van der Waals surface area contributed by atoms with Gasteiger partial charge >= 0.3 is 0 Å². The van der Waals surface area contributed by atoms with Gasteiger partial charge in [0.1, 0.15) is 0 Å². The van der Waals surface area contributed by atoms with Gasteiger partial charge in [0.05, 0.1) is 25.0 Å². The van der Waals surface area contributed by atoms with E-state index in [4.69, 9.17) is 4.74 Å². The SMILES string of the molecule is CN1C[C@@H]2COC[C@H](C1)N(S(=O)(=O)Cc1ccccc1)C2. The zero-order valence-electron chi connectivity index (χ0n) is 12.3. The fraction of sp³-hybridized carbons (Fsp3) is 0.600.